The van der Waals surface area contributed by atoms with Gasteiger partial charge in [0.25, 0.3) is 0 Å². The quantitative estimate of drug-likeness (QED) is 0.928. The van der Waals surface area contributed by atoms with Gasteiger partial charge in [-0.3, -0.25) is 9.47 Å². The Labute approximate surface area is 129 Å². The third kappa shape index (κ3) is 3.92. The van der Waals surface area contributed by atoms with Crippen molar-refractivity contribution in [3.8, 4) is 5.75 Å². The average Bonchev–Trinajstić information content (AvgIpc) is 2.70. The molecule has 3 rings (SSSR count). The van der Waals surface area contributed by atoms with Crippen LogP contribution in [0.5, 0.6) is 5.75 Å². The van der Waals surface area contributed by atoms with Gasteiger partial charge in [-0.1, -0.05) is 12.1 Å². The molecule has 124 valence electrons. The molecule has 1 aromatic carbocycles. The number of nitrogens with one attached hydrogen (secondary N) is 1. The van der Waals surface area contributed by atoms with Crippen LogP contribution in [0.2, 0.25) is 0 Å². The van der Waals surface area contributed by atoms with E-state index in [1.807, 2.05) is 0 Å². The van der Waals surface area contributed by atoms with Crippen molar-refractivity contribution in [2.75, 3.05) is 13.1 Å². The van der Waals surface area contributed by atoms with Crippen molar-refractivity contribution in [2.45, 2.75) is 25.9 Å². The third-order valence-electron chi connectivity index (χ3n) is 3.69. The largest absolute Gasteiger partial charge is 0.573 e. The molecule has 0 amide bonds. The van der Waals surface area contributed by atoms with E-state index in [2.05, 4.69) is 19.8 Å². The smallest absolute Gasteiger partial charge is 0.406 e. The molecule has 23 heavy (non-hydrogen) atoms. The van der Waals surface area contributed by atoms with E-state index in [9.17, 15) is 18.0 Å². The molecule has 0 radical (unpaired) electrons. The van der Waals surface area contributed by atoms with Gasteiger partial charge in [-0.15, -0.1) is 13.2 Å². The fourth-order valence-corrected chi connectivity index (χ4v) is 2.60. The molecule has 0 saturated heterocycles. The second-order valence-electron chi connectivity index (χ2n) is 5.31. The fourth-order valence-electron chi connectivity index (χ4n) is 2.60. The molecule has 1 aliphatic heterocycles. The summed E-state index contributed by atoms with van der Waals surface area (Å²) in [5.74, 6) is 0.496. The minimum absolute atomic E-state index is 0.212. The van der Waals surface area contributed by atoms with E-state index in [1.165, 1.54) is 12.1 Å². The van der Waals surface area contributed by atoms with Gasteiger partial charge in [0.1, 0.15) is 11.6 Å². The summed E-state index contributed by atoms with van der Waals surface area (Å²) in [5, 5.41) is 6.41. The Morgan fingerprint density at radius 3 is 2.61 bits per heavy atom. The molecule has 0 atom stereocenters. The topological polar surface area (TPSA) is 63.2 Å². The van der Waals surface area contributed by atoms with E-state index in [-0.39, 0.29) is 11.4 Å². The predicted molar refractivity (Wildman–Crippen MR) is 75.0 cm³/mol. The summed E-state index contributed by atoms with van der Waals surface area (Å²) in [7, 11) is 0. The molecule has 0 bridgehead atoms. The number of halogens is 3. The Kier molecular flexibility index (Phi) is 4.12. The summed E-state index contributed by atoms with van der Waals surface area (Å²) in [5.41, 5.74) is 0.670. The molecule has 0 fully saturated rings. The van der Waals surface area contributed by atoms with Gasteiger partial charge in [-0.2, -0.15) is 5.10 Å². The summed E-state index contributed by atoms with van der Waals surface area (Å²) < 4.78 is 41.8. The van der Waals surface area contributed by atoms with E-state index in [0.29, 0.717) is 26.1 Å². The Balaban J connectivity index is 1.61. The van der Waals surface area contributed by atoms with Crippen LogP contribution in [0.1, 0.15) is 11.4 Å². The number of alkyl halides is 3. The second kappa shape index (κ2) is 6.07. The molecular formula is C14H15F3N4O2. The Hall–Kier alpha value is -2.29. The first kappa shape index (κ1) is 15.6. The lowest BCUT2D eigenvalue weighted by molar-refractivity contribution is -0.274. The maximum atomic E-state index is 12.1. The van der Waals surface area contributed by atoms with E-state index in [1.54, 1.807) is 16.7 Å². The Bertz CT molecular complexity index is 721. The molecular weight excluding hydrogens is 313 g/mol. The highest BCUT2D eigenvalue weighted by Gasteiger charge is 2.31. The van der Waals surface area contributed by atoms with Crippen LogP contribution >= 0.6 is 0 Å². The van der Waals surface area contributed by atoms with Crippen LogP contribution in [0.4, 0.5) is 13.2 Å². The molecule has 1 N–H and O–H groups in total. The van der Waals surface area contributed by atoms with Crippen LogP contribution in [-0.4, -0.2) is 39.1 Å². The monoisotopic (exact) mass is 328 g/mol. The lowest BCUT2D eigenvalue weighted by atomic mass is 10.2. The fraction of sp³-hybridized carbons (Fsp3) is 0.429. The van der Waals surface area contributed by atoms with Gasteiger partial charge in [0.2, 0.25) is 0 Å². The maximum absolute atomic E-state index is 12.1. The third-order valence-corrected chi connectivity index (χ3v) is 3.69. The number of fused-ring (bicyclic) bond motifs is 1. The highest BCUT2D eigenvalue weighted by Crippen LogP contribution is 2.23. The summed E-state index contributed by atoms with van der Waals surface area (Å²) in [6, 6.07) is 5.82. The Morgan fingerprint density at radius 2 is 1.91 bits per heavy atom. The van der Waals surface area contributed by atoms with Crippen LogP contribution < -0.4 is 10.4 Å². The lowest BCUT2D eigenvalue weighted by Crippen LogP contribution is -2.28. The van der Waals surface area contributed by atoms with E-state index in [0.717, 1.165) is 17.9 Å². The van der Waals surface area contributed by atoms with Gasteiger partial charge < -0.3 is 4.74 Å². The number of hydrogen-bond acceptors (Lipinski definition) is 4. The number of ether oxygens (including phenoxy) is 1. The highest BCUT2D eigenvalue weighted by molar-refractivity contribution is 5.27. The molecule has 6 nitrogen and oxygen atoms in total. The highest BCUT2D eigenvalue weighted by atomic mass is 19.4. The van der Waals surface area contributed by atoms with E-state index < -0.39 is 6.36 Å². The van der Waals surface area contributed by atoms with Crippen LogP contribution in [0, 0.1) is 0 Å². The molecule has 2 aromatic rings. The molecule has 0 saturated carbocycles. The van der Waals surface area contributed by atoms with Crippen molar-refractivity contribution < 1.29 is 17.9 Å². The van der Waals surface area contributed by atoms with Crippen molar-refractivity contribution >= 4 is 0 Å². The van der Waals surface area contributed by atoms with Crippen LogP contribution in [-0.2, 0) is 19.5 Å². The zero-order chi connectivity index (χ0) is 16.4. The molecule has 0 unspecified atom stereocenters. The van der Waals surface area contributed by atoms with Crippen LogP contribution in [0.25, 0.3) is 0 Å². The molecule has 1 aliphatic rings. The number of hydrogen-bond donors (Lipinski definition) is 1. The van der Waals surface area contributed by atoms with Crippen molar-refractivity contribution in [3.05, 3.63) is 46.1 Å². The van der Waals surface area contributed by atoms with Crippen LogP contribution in [0.15, 0.2) is 29.1 Å². The van der Waals surface area contributed by atoms with Crippen molar-refractivity contribution in [3.63, 3.8) is 0 Å². The zero-order valence-electron chi connectivity index (χ0n) is 12.1. The second-order valence-corrected chi connectivity index (χ2v) is 5.31. The number of rotatable bonds is 3. The first-order chi connectivity index (χ1) is 10.9. The Morgan fingerprint density at radius 1 is 1.17 bits per heavy atom. The maximum Gasteiger partial charge on any atom is 0.573 e. The zero-order valence-corrected chi connectivity index (χ0v) is 12.1. The normalized spacial score (nSPS) is 16.0. The average molecular weight is 328 g/mol. The van der Waals surface area contributed by atoms with Crippen LogP contribution in [0.3, 0.4) is 0 Å². The molecule has 1 aromatic heterocycles. The number of H-pyrrole nitrogens is 1. The van der Waals surface area contributed by atoms with Gasteiger partial charge in [0.05, 0.1) is 0 Å². The summed E-state index contributed by atoms with van der Waals surface area (Å²) >= 11 is 0. The number of benzene rings is 1. The molecule has 2 heterocycles. The first-order valence-corrected chi connectivity index (χ1v) is 7.12. The van der Waals surface area contributed by atoms with Gasteiger partial charge in [-0.25, -0.2) is 9.89 Å². The van der Waals surface area contributed by atoms with Gasteiger partial charge in [0, 0.05) is 32.6 Å². The summed E-state index contributed by atoms with van der Waals surface area (Å²) in [4.78, 5) is 13.7. The molecule has 0 spiro atoms. The number of nitrogens with zero attached hydrogens (tertiary/aromatic N) is 3. The van der Waals surface area contributed by atoms with E-state index in [4.69, 9.17) is 0 Å². The van der Waals surface area contributed by atoms with Crippen molar-refractivity contribution in [1.29, 1.82) is 0 Å². The number of aromatic amines is 1. The van der Waals surface area contributed by atoms with Crippen molar-refractivity contribution in [2.24, 2.45) is 0 Å². The molecule has 9 heteroatoms. The lowest BCUT2D eigenvalue weighted by Gasteiger charge is -2.19. The van der Waals surface area contributed by atoms with Gasteiger partial charge in [0.15, 0.2) is 0 Å². The molecule has 0 aliphatic carbocycles. The van der Waals surface area contributed by atoms with Gasteiger partial charge >= 0.3 is 12.1 Å². The van der Waals surface area contributed by atoms with Gasteiger partial charge in [-0.05, 0) is 17.7 Å². The number of aromatic nitrogens is 3. The summed E-state index contributed by atoms with van der Waals surface area (Å²) in [6.45, 7) is 2.54. The summed E-state index contributed by atoms with van der Waals surface area (Å²) in [6.07, 6.45) is -4.03. The van der Waals surface area contributed by atoms with E-state index >= 15 is 0 Å². The van der Waals surface area contributed by atoms with Crippen molar-refractivity contribution in [1.82, 2.24) is 19.7 Å². The minimum atomic E-state index is -4.68. The first-order valence-electron chi connectivity index (χ1n) is 7.12. The SMILES string of the molecule is O=c1[nH]nc2n1CCN(Cc1ccc(OC(F)(F)F)cc1)CC2. The minimum Gasteiger partial charge on any atom is -0.406 e. The standard InChI is InChI=1S/C14H15F3N4O2/c15-14(16,17)23-11-3-1-10(2-4-11)9-20-6-5-12-18-19-13(22)21(12)8-7-20/h1-4H,5-9H2,(H,19,22). The predicted octanol–water partition coefficient (Wildman–Crippen LogP) is 1.53.